The number of anilines is 1. The van der Waals surface area contributed by atoms with E-state index in [2.05, 4.69) is 28.2 Å². The standard InChI is InChI=1S/C40H63N5O14S/c1-3-20-42-30-15-12-28(13-16-30)38(51)43-21-6-5-11-33(37(41)50)44-36(49)27-59-24-23-58-22-7-9-31(46)17-18-34(40(54)55)45-35(48)19-14-29(39(52)53)26-32(47)10-8-25-60(56,57)4-2/h12-13,15-16,29,33-34,42H,3-11,14,17-27H2,1-2H3,(H2,41,50)(H,43,51)(H,44,49)(H,45,48)(H,52,53)(H,54,55)/t29-,33+,34+/m1/s1. The predicted octanol–water partition coefficient (Wildman–Crippen LogP) is 1.77. The number of nitrogens with one attached hydrogen (secondary N) is 4. The Kier molecular flexibility index (Phi) is 26.7. The summed E-state index contributed by atoms with van der Waals surface area (Å²) in [6.07, 6.45) is 1.35. The summed E-state index contributed by atoms with van der Waals surface area (Å²) in [6, 6.07) is 4.86. The van der Waals surface area contributed by atoms with Crippen molar-refractivity contribution in [2.75, 3.05) is 56.3 Å². The number of amides is 4. The second kappa shape index (κ2) is 30.1. The van der Waals surface area contributed by atoms with Gasteiger partial charge in [-0.05, 0) is 75.6 Å². The van der Waals surface area contributed by atoms with Crippen LogP contribution in [-0.4, -0.2) is 129 Å². The summed E-state index contributed by atoms with van der Waals surface area (Å²) in [5, 5.41) is 29.9. The molecule has 3 atom stereocenters. The third kappa shape index (κ3) is 24.9. The second-order valence-electron chi connectivity index (χ2n) is 14.2. The van der Waals surface area contributed by atoms with E-state index in [1.807, 2.05) is 12.1 Å². The van der Waals surface area contributed by atoms with Crippen molar-refractivity contribution in [1.29, 1.82) is 0 Å². The van der Waals surface area contributed by atoms with Gasteiger partial charge >= 0.3 is 11.9 Å². The van der Waals surface area contributed by atoms with Crippen LogP contribution in [0.1, 0.15) is 108 Å². The molecule has 8 N–H and O–H groups in total. The van der Waals surface area contributed by atoms with Crippen molar-refractivity contribution >= 4 is 62.7 Å². The Balaban J connectivity index is 2.23. The predicted molar refractivity (Wildman–Crippen MR) is 221 cm³/mol. The van der Waals surface area contributed by atoms with Crippen LogP contribution in [0.25, 0.3) is 0 Å². The van der Waals surface area contributed by atoms with Crippen molar-refractivity contribution in [2.45, 2.75) is 109 Å². The number of Topliss-reactive ketones (excluding diaryl/α,β-unsaturated/α-hetero) is 2. The molecule has 0 aliphatic heterocycles. The zero-order valence-corrected chi connectivity index (χ0v) is 35.5. The molecule has 0 aromatic heterocycles. The molecule has 60 heavy (non-hydrogen) atoms. The van der Waals surface area contributed by atoms with E-state index < -0.39 is 63.3 Å². The zero-order chi connectivity index (χ0) is 44.9. The molecule has 0 aliphatic carbocycles. The molecule has 338 valence electrons. The number of carbonyl (C=O) groups is 8. The van der Waals surface area contributed by atoms with Gasteiger partial charge in [0.25, 0.3) is 5.91 Å². The first-order valence-corrected chi connectivity index (χ1v) is 22.1. The van der Waals surface area contributed by atoms with Crippen molar-refractivity contribution in [1.82, 2.24) is 16.0 Å². The van der Waals surface area contributed by atoms with Crippen molar-refractivity contribution in [3.05, 3.63) is 29.8 Å². The number of primary amides is 1. The quantitative estimate of drug-likeness (QED) is 0.0473. The Hall–Kier alpha value is -4.95. The van der Waals surface area contributed by atoms with Crippen molar-refractivity contribution in [3.63, 3.8) is 0 Å². The summed E-state index contributed by atoms with van der Waals surface area (Å²) in [4.78, 5) is 96.8. The minimum absolute atomic E-state index is 0.0509. The van der Waals surface area contributed by atoms with Gasteiger partial charge in [-0.15, -0.1) is 0 Å². The third-order valence-electron chi connectivity index (χ3n) is 9.20. The summed E-state index contributed by atoms with van der Waals surface area (Å²) < 4.78 is 33.9. The maximum absolute atomic E-state index is 12.4. The number of hydrogen-bond acceptors (Lipinski definition) is 13. The van der Waals surface area contributed by atoms with Crippen LogP contribution in [-0.2, 0) is 52.9 Å². The molecular weight excluding hydrogens is 807 g/mol. The van der Waals surface area contributed by atoms with Gasteiger partial charge in [0.05, 0.1) is 24.9 Å². The van der Waals surface area contributed by atoms with Crippen molar-refractivity contribution in [3.8, 4) is 0 Å². The molecule has 1 rings (SSSR count). The lowest BCUT2D eigenvalue weighted by molar-refractivity contribution is -0.145. The lowest BCUT2D eigenvalue weighted by Crippen LogP contribution is -2.45. The van der Waals surface area contributed by atoms with Crippen molar-refractivity contribution in [2.24, 2.45) is 11.7 Å². The molecule has 0 unspecified atom stereocenters. The van der Waals surface area contributed by atoms with Gasteiger partial charge in [-0.2, -0.15) is 0 Å². The lowest BCUT2D eigenvalue weighted by Gasteiger charge is -2.16. The van der Waals surface area contributed by atoms with E-state index in [9.17, 15) is 57.0 Å². The molecule has 19 nitrogen and oxygen atoms in total. The van der Waals surface area contributed by atoms with Crippen LogP contribution in [0.4, 0.5) is 5.69 Å². The Labute approximate surface area is 351 Å². The Morgan fingerprint density at radius 2 is 1.37 bits per heavy atom. The van der Waals surface area contributed by atoms with E-state index in [0.29, 0.717) is 31.4 Å². The number of nitrogens with two attached hydrogens (primary N) is 1. The van der Waals surface area contributed by atoms with E-state index in [1.165, 1.54) is 6.92 Å². The minimum atomic E-state index is -3.26. The number of carboxylic acids is 2. The van der Waals surface area contributed by atoms with Gasteiger partial charge in [0, 0.05) is 68.8 Å². The van der Waals surface area contributed by atoms with Crippen LogP contribution in [0.5, 0.6) is 0 Å². The first-order valence-electron chi connectivity index (χ1n) is 20.3. The fourth-order valence-electron chi connectivity index (χ4n) is 5.65. The summed E-state index contributed by atoms with van der Waals surface area (Å²) in [7, 11) is -3.26. The number of hydrogen-bond donors (Lipinski definition) is 7. The smallest absolute Gasteiger partial charge is 0.326 e. The van der Waals surface area contributed by atoms with Gasteiger partial charge < -0.3 is 46.7 Å². The maximum Gasteiger partial charge on any atom is 0.326 e. The summed E-state index contributed by atoms with van der Waals surface area (Å²) in [5.74, 6) is -7.07. The number of aliphatic carboxylic acids is 2. The number of sulfone groups is 1. The van der Waals surface area contributed by atoms with Crippen molar-refractivity contribution < 1.29 is 66.5 Å². The zero-order valence-electron chi connectivity index (χ0n) is 34.7. The first-order chi connectivity index (χ1) is 28.5. The van der Waals surface area contributed by atoms with Crippen LogP contribution in [0, 0.1) is 5.92 Å². The molecule has 20 heteroatoms. The minimum Gasteiger partial charge on any atom is -0.481 e. The average molecular weight is 870 g/mol. The summed E-state index contributed by atoms with van der Waals surface area (Å²) in [5.41, 5.74) is 6.91. The topological polar surface area (TPSA) is 304 Å². The first kappa shape index (κ1) is 53.1. The Morgan fingerprint density at radius 3 is 2.00 bits per heavy atom. The SMILES string of the molecule is CCCNc1ccc(C(=O)NCCCC[C@H](NC(=O)COCCOCCCC(=O)CC[C@H](NC(=O)CC[C@H](CC(=O)CCCS(=O)(=O)CC)C(=O)O)C(=O)O)C(N)=O)cc1. The highest BCUT2D eigenvalue weighted by atomic mass is 32.2. The molecule has 0 saturated carbocycles. The molecule has 1 aromatic rings. The fourth-order valence-corrected chi connectivity index (χ4v) is 6.52. The summed E-state index contributed by atoms with van der Waals surface area (Å²) >= 11 is 0. The normalized spacial score (nSPS) is 12.7. The summed E-state index contributed by atoms with van der Waals surface area (Å²) in [6.45, 7) is 4.76. The number of carboxylic acid groups (broad SMARTS) is 2. The number of ketones is 2. The largest absolute Gasteiger partial charge is 0.481 e. The monoisotopic (exact) mass is 869 g/mol. The van der Waals surface area contributed by atoms with E-state index in [1.54, 1.807) is 12.1 Å². The second-order valence-corrected chi connectivity index (χ2v) is 16.7. The van der Waals surface area contributed by atoms with Gasteiger partial charge in [-0.3, -0.25) is 33.6 Å². The van der Waals surface area contributed by atoms with Crippen LogP contribution in [0.2, 0.25) is 0 Å². The Bertz CT molecular complexity index is 1660. The van der Waals surface area contributed by atoms with Crippen LogP contribution < -0.4 is 27.0 Å². The molecule has 0 spiro atoms. The molecule has 0 fully saturated rings. The molecule has 0 bridgehead atoms. The number of rotatable bonds is 36. The van der Waals surface area contributed by atoms with Gasteiger partial charge in [0.2, 0.25) is 17.7 Å². The molecule has 0 aliphatic rings. The van der Waals surface area contributed by atoms with Gasteiger partial charge in [-0.1, -0.05) is 13.8 Å². The fraction of sp³-hybridized carbons (Fsp3) is 0.650. The third-order valence-corrected chi connectivity index (χ3v) is 11.0. The molecular formula is C40H63N5O14S. The molecule has 1 aromatic carbocycles. The number of carbonyl (C=O) groups excluding carboxylic acids is 6. The number of benzene rings is 1. The van der Waals surface area contributed by atoms with Crippen LogP contribution in [0.15, 0.2) is 24.3 Å². The molecule has 0 heterocycles. The highest BCUT2D eigenvalue weighted by molar-refractivity contribution is 7.91. The average Bonchev–Trinajstić information content (AvgIpc) is 3.20. The number of unbranched alkanes of at least 4 members (excludes halogenated alkanes) is 1. The lowest BCUT2D eigenvalue weighted by atomic mass is 9.95. The maximum atomic E-state index is 12.4. The van der Waals surface area contributed by atoms with Gasteiger partial charge in [0.15, 0.2) is 0 Å². The van der Waals surface area contributed by atoms with Gasteiger partial charge in [-0.25, -0.2) is 13.2 Å². The molecule has 4 amide bonds. The molecule has 0 saturated heterocycles. The highest BCUT2D eigenvalue weighted by Gasteiger charge is 2.25. The van der Waals surface area contributed by atoms with E-state index in [-0.39, 0.29) is 107 Å². The van der Waals surface area contributed by atoms with E-state index in [4.69, 9.17) is 15.2 Å². The van der Waals surface area contributed by atoms with Crippen LogP contribution in [0.3, 0.4) is 0 Å². The molecule has 0 radical (unpaired) electrons. The van der Waals surface area contributed by atoms with Gasteiger partial charge in [0.1, 0.15) is 40.1 Å². The van der Waals surface area contributed by atoms with E-state index in [0.717, 1.165) is 18.7 Å². The number of ether oxygens (including phenoxy) is 2. The van der Waals surface area contributed by atoms with E-state index >= 15 is 0 Å². The highest BCUT2D eigenvalue weighted by Crippen LogP contribution is 2.16. The van der Waals surface area contributed by atoms with Crippen LogP contribution >= 0.6 is 0 Å². The Morgan fingerprint density at radius 1 is 0.700 bits per heavy atom.